The average Bonchev–Trinajstić information content (AvgIpc) is 2.96. The molecule has 27 heavy (non-hydrogen) atoms. The quantitative estimate of drug-likeness (QED) is 0.297. The van der Waals surface area contributed by atoms with E-state index < -0.39 is 0 Å². The first-order chi connectivity index (χ1) is 13.2. The molecule has 0 amide bonds. The van der Waals surface area contributed by atoms with Gasteiger partial charge < -0.3 is 0 Å². The van der Waals surface area contributed by atoms with E-state index in [1.165, 1.54) is 0 Å². The number of halogens is 1. The number of fused-ring (bicyclic) bond motifs is 2. The number of hydrogen-bond donors (Lipinski definition) is 0. The number of nitrogens with zero attached hydrogens (tertiary/aromatic N) is 1. The second kappa shape index (κ2) is 7.27. The molecule has 0 fully saturated rings. The first-order valence-electron chi connectivity index (χ1n) is 8.83. The molecule has 3 nitrogen and oxygen atoms in total. The molecule has 0 atom stereocenters. The predicted octanol–water partition coefficient (Wildman–Crippen LogP) is 1.48. The fourth-order valence-electron chi connectivity index (χ4n) is 3.70. The SMILES string of the molecule is CCN1C(/C=C/[I-]C)=CC(=C2C(=O)c3ccccc3C2=O)c2ccccc21. The van der Waals surface area contributed by atoms with Crippen LogP contribution in [0.5, 0.6) is 0 Å². The van der Waals surface area contributed by atoms with Crippen LogP contribution < -0.4 is 26.1 Å². The molecule has 2 aromatic carbocycles. The number of ketones is 2. The Morgan fingerprint density at radius 2 is 1.52 bits per heavy atom. The minimum atomic E-state index is -0.173. The van der Waals surface area contributed by atoms with Crippen LogP contribution in [0.25, 0.3) is 5.57 Å². The monoisotopic (exact) mass is 468 g/mol. The summed E-state index contributed by atoms with van der Waals surface area (Å²) in [7, 11) is 0. The van der Waals surface area contributed by atoms with Crippen molar-refractivity contribution in [1.82, 2.24) is 0 Å². The average molecular weight is 468 g/mol. The summed E-state index contributed by atoms with van der Waals surface area (Å²) in [6.07, 6.45) is 4.11. The summed E-state index contributed by atoms with van der Waals surface area (Å²) in [4.78, 5) is 30.5. The van der Waals surface area contributed by atoms with Crippen LogP contribution in [0.2, 0.25) is 0 Å². The molecule has 0 unspecified atom stereocenters. The Kier molecular flexibility index (Phi) is 4.83. The van der Waals surface area contributed by atoms with Gasteiger partial charge in [-0.3, -0.25) is 0 Å². The Morgan fingerprint density at radius 1 is 0.926 bits per heavy atom. The number of allylic oxidation sites excluding steroid dienone is 4. The van der Waals surface area contributed by atoms with Gasteiger partial charge >= 0.3 is 170 Å². The number of benzene rings is 2. The zero-order valence-electron chi connectivity index (χ0n) is 15.2. The summed E-state index contributed by atoms with van der Waals surface area (Å²) in [6.45, 7) is 2.93. The molecule has 0 aromatic heterocycles. The van der Waals surface area contributed by atoms with Gasteiger partial charge in [0.05, 0.1) is 0 Å². The maximum absolute atomic E-state index is 13.1. The predicted molar refractivity (Wildman–Crippen MR) is 105 cm³/mol. The Bertz CT molecular complexity index is 1010. The summed E-state index contributed by atoms with van der Waals surface area (Å²) >= 11 is 0.00746. The third-order valence-electron chi connectivity index (χ3n) is 4.90. The molecule has 1 heterocycles. The summed E-state index contributed by atoms with van der Waals surface area (Å²) < 4.78 is 2.20. The Labute approximate surface area is 169 Å². The van der Waals surface area contributed by atoms with E-state index in [4.69, 9.17) is 0 Å². The summed E-state index contributed by atoms with van der Waals surface area (Å²) in [5.41, 5.74) is 5.03. The van der Waals surface area contributed by atoms with Crippen molar-refractivity contribution < 1.29 is 30.8 Å². The molecule has 0 N–H and O–H groups in total. The molecule has 0 spiro atoms. The molecule has 4 rings (SSSR count). The van der Waals surface area contributed by atoms with Gasteiger partial charge in [0.2, 0.25) is 0 Å². The van der Waals surface area contributed by atoms with Crippen LogP contribution in [-0.4, -0.2) is 23.0 Å². The van der Waals surface area contributed by atoms with E-state index in [2.05, 4.69) is 33.0 Å². The van der Waals surface area contributed by atoms with E-state index in [-0.39, 0.29) is 38.3 Å². The normalized spacial score (nSPS) is 16.2. The van der Waals surface area contributed by atoms with Crippen LogP contribution in [0.3, 0.4) is 0 Å². The van der Waals surface area contributed by atoms with E-state index in [0.29, 0.717) is 11.1 Å². The van der Waals surface area contributed by atoms with Crippen molar-refractivity contribution in [3.05, 3.63) is 92.7 Å². The van der Waals surface area contributed by atoms with Crippen molar-refractivity contribution in [1.29, 1.82) is 0 Å². The first kappa shape index (κ1) is 17.9. The van der Waals surface area contributed by atoms with Gasteiger partial charge in [0.1, 0.15) is 0 Å². The molecular formula is C23H19INO2-. The number of alkyl halides is 1. The van der Waals surface area contributed by atoms with Crippen molar-refractivity contribution in [2.75, 3.05) is 16.4 Å². The second-order valence-electron chi connectivity index (χ2n) is 6.33. The van der Waals surface area contributed by atoms with Gasteiger partial charge in [0.25, 0.3) is 0 Å². The molecule has 0 radical (unpaired) electrons. The maximum atomic E-state index is 13.1. The van der Waals surface area contributed by atoms with Crippen LogP contribution in [0, 0.1) is 0 Å². The first-order valence-corrected chi connectivity index (χ1v) is 12.2. The summed E-state index contributed by atoms with van der Waals surface area (Å²) in [5, 5.41) is 0. The fourth-order valence-corrected chi connectivity index (χ4v) is 4.43. The van der Waals surface area contributed by atoms with Gasteiger partial charge in [0, 0.05) is 0 Å². The Morgan fingerprint density at radius 3 is 2.11 bits per heavy atom. The standard InChI is InChI=1S/C23H19INO2/c1-3-25-15(12-13-24-2)14-19(16-8-6-7-11-20(16)25)21-22(26)17-9-4-5-10-18(17)23(21)27/h4-14H,3H2,1-2H3/q-1/b13-12+. The van der Waals surface area contributed by atoms with Crippen LogP contribution >= 0.6 is 0 Å². The number of carbonyl (C=O) groups excluding carboxylic acids is 2. The molecule has 4 heteroatoms. The number of likely N-dealkylation sites (N-methyl/N-ethyl adjacent to an activating group) is 1. The van der Waals surface area contributed by atoms with Gasteiger partial charge in [-0.15, -0.1) is 0 Å². The van der Waals surface area contributed by atoms with E-state index in [9.17, 15) is 9.59 Å². The van der Waals surface area contributed by atoms with Gasteiger partial charge in [0.15, 0.2) is 0 Å². The summed E-state index contributed by atoms with van der Waals surface area (Å²) in [6, 6.07) is 15.1. The molecule has 2 aliphatic rings. The van der Waals surface area contributed by atoms with Crippen molar-refractivity contribution in [3.8, 4) is 0 Å². The van der Waals surface area contributed by atoms with E-state index in [1.54, 1.807) is 24.3 Å². The molecule has 0 saturated heterocycles. The van der Waals surface area contributed by atoms with Gasteiger partial charge in [-0.2, -0.15) is 0 Å². The zero-order valence-corrected chi connectivity index (χ0v) is 17.4. The van der Waals surface area contributed by atoms with Crippen LogP contribution in [-0.2, 0) is 0 Å². The number of rotatable bonds is 3. The van der Waals surface area contributed by atoms with Crippen LogP contribution in [0.15, 0.2) is 76.0 Å². The van der Waals surface area contributed by atoms with E-state index in [0.717, 1.165) is 29.1 Å². The topological polar surface area (TPSA) is 37.4 Å². The minimum absolute atomic E-state index is 0.00746. The summed E-state index contributed by atoms with van der Waals surface area (Å²) in [5.74, 6) is -0.347. The fraction of sp³-hybridized carbons (Fsp3) is 0.130. The van der Waals surface area contributed by atoms with Crippen molar-refractivity contribution in [2.24, 2.45) is 0 Å². The number of carbonyl (C=O) groups is 2. The number of Topliss-reactive ketones (excluding diaryl/α,β-unsaturated/α-hetero) is 2. The third-order valence-corrected chi connectivity index (χ3v) is 5.98. The molecule has 0 bridgehead atoms. The molecule has 1 aliphatic heterocycles. The van der Waals surface area contributed by atoms with Gasteiger partial charge in [-0.1, -0.05) is 0 Å². The van der Waals surface area contributed by atoms with Gasteiger partial charge in [-0.05, 0) is 0 Å². The van der Waals surface area contributed by atoms with Crippen molar-refractivity contribution in [3.63, 3.8) is 0 Å². The van der Waals surface area contributed by atoms with E-state index in [1.807, 2.05) is 24.3 Å². The Balaban J connectivity index is 1.99. The third kappa shape index (κ3) is 2.88. The van der Waals surface area contributed by atoms with Gasteiger partial charge in [-0.25, -0.2) is 0 Å². The number of hydrogen-bond acceptors (Lipinski definition) is 3. The van der Waals surface area contributed by atoms with Crippen molar-refractivity contribution >= 4 is 22.8 Å². The van der Waals surface area contributed by atoms with Crippen LogP contribution in [0.1, 0.15) is 33.2 Å². The zero-order chi connectivity index (χ0) is 19.0. The van der Waals surface area contributed by atoms with Crippen molar-refractivity contribution in [2.45, 2.75) is 6.92 Å². The number of para-hydroxylation sites is 1. The molecule has 2 aromatic rings. The van der Waals surface area contributed by atoms with Crippen LogP contribution in [0.4, 0.5) is 5.69 Å². The molecule has 0 saturated carbocycles. The molecule has 136 valence electrons. The molecular weight excluding hydrogens is 449 g/mol. The molecule has 1 aliphatic carbocycles. The second-order valence-corrected chi connectivity index (χ2v) is 8.30. The Hall–Kier alpha value is -2.47. The number of anilines is 1. The van der Waals surface area contributed by atoms with E-state index >= 15 is 0 Å².